The van der Waals surface area contributed by atoms with E-state index in [2.05, 4.69) is 4.98 Å². The van der Waals surface area contributed by atoms with Crippen LogP contribution in [0, 0.1) is 0 Å². The summed E-state index contributed by atoms with van der Waals surface area (Å²) in [6.07, 6.45) is 3.77. The molecule has 0 aliphatic rings. The van der Waals surface area contributed by atoms with Crippen molar-refractivity contribution in [3.8, 4) is 5.75 Å². The molecule has 1 heterocycles. The Morgan fingerprint density at radius 3 is 2.47 bits per heavy atom. The molecule has 0 amide bonds. The number of hydrogen-bond donors (Lipinski definition) is 1. The SMILES string of the molecule is Oc1ccccc1C=Cc1ccc2ccccc2n1. The van der Waals surface area contributed by atoms with Gasteiger partial charge in [-0.3, -0.25) is 0 Å². The van der Waals surface area contributed by atoms with Crippen LogP contribution in [0.4, 0.5) is 0 Å². The molecule has 0 spiro atoms. The summed E-state index contributed by atoms with van der Waals surface area (Å²) < 4.78 is 0. The zero-order valence-electron chi connectivity index (χ0n) is 10.3. The fourth-order valence-corrected chi connectivity index (χ4v) is 1.98. The van der Waals surface area contributed by atoms with Crippen LogP contribution in [0.25, 0.3) is 23.1 Å². The summed E-state index contributed by atoms with van der Waals surface area (Å²) in [7, 11) is 0. The minimum absolute atomic E-state index is 0.277. The Hall–Kier alpha value is -2.61. The molecule has 0 saturated heterocycles. The number of pyridine rings is 1. The highest BCUT2D eigenvalue weighted by Crippen LogP contribution is 2.19. The highest BCUT2D eigenvalue weighted by molar-refractivity contribution is 5.81. The van der Waals surface area contributed by atoms with E-state index in [1.165, 1.54) is 0 Å². The molecule has 3 aromatic rings. The number of nitrogens with zero attached hydrogens (tertiary/aromatic N) is 1. The van der Waals surface area contributed by atoms with E-state index in [0.717, 1.165) is 22.2 Å². The molecule has 0 saturated carbocycles. The normalized spacial score (nSPS) is 11.2. The van der Waals surface area contributed by atoms with Crippen molar-refractivity contribution in [1.29, 1.82) is 0 Å². The molecule has 3 rings (SSSR count). The number of hydrogen-bond acceptors (Lipinski definition) is 2. The molecule has 0 aliphatic carbocycles. The average molecular weight is 247 g/mol. The van der Waals surface area contributed by atoms with Crippen LogP contribution in [0.1, 0.15) is 11.3 Å². The first-order valence-corrected chi connectivity index (χ1v) is 6.15. The van der Waals surface area contributed by atoms with Crippen LogP contribution in [-0.4, -0.2) is 10.1 Å². The van der Waals surface area contributed by atoms with E-state index in [1.807, 2.05) is 60.7 Å². The van der Waals surface area contributed by atoms with Gasteiger partial charge in [-0.15, -0.1) is 0 Å². The van der Waals surface area contributed by atoms with E-state index in [9.17, 15) is 5.11 Å². The number of aromatic hydroxyl groups is 1. The van der Waals surface area contributed by atoms with Gasteiger partial charge in [0, 0.05) is 10.9 Å². The summed E-state index contributed by atoms with van der Waals surface area (Å²) >= 11 is 0. The average Bonchev–Trinajstić information content (AvgIpc) is 2.46. The topological polar surface area (TPSA) is 33.1 Å². The van der Waals surface area contributed by atoms with E-state index in [4.69, 9.17) is 0 Å². The van der Waals surface area contributed by atoms with Gasteiger partial charge in [0.25, 0.3) is 0 Å². The van der Waals surface area contributed by atoms with Gasteiger partial charge in [-0.1, -0.05) is 42.5 Å². The van der Waals surface area contributed by atoms with Crippen LogP contribution < -0.4 is 0 Å². The molecular formula is C17H13NO. The first-order chi connectivity index (χ1) is 9.33. The molecule has 2 heteroatoms. The second-order valence-electron chi connectivity index (χ2n) is 4.32. The number of aromatic nitrogens is 1. The lowest BCUT2D eigenvalue weighted by atomic mass is 10.1. The van der Waals surface area contributed by atoms with Gasteiger partial charge >= 0.3 is 0 Å². The predicted molar refractivity (Wildman–Crippen MR) is 78.8 cm³/mol. The molecule has 0 unspecified atom stereocenters. The molecule has 0 bridgehead atoms. The lowest BCUT2D eigenvalue weighted by molar-refractivity contribution is 0.474. The molecular weight excluding hydrogens is 234 g/mol. The number of phenolic OH excluding ortho intramolecular Hbond substituents is 1. The summed E-state index contributed by atoms with van der Waals surface area (Å²) in [5.74, 6) is 0.277. The third-order valence-corrected chi connectivity index (χ3v) is 2.99. The monoisotopic (exact) mass is 247 g/mol. The van der Waals surface area contributed by atoms with Crippen LogP contribution >= 0.6 is 0 Å². The van der Waals surface area contributed by atoms with Gasteiger partial charge in [-0.2, -0.15) is 0 Å². The second kappa shape index (κ2) is 4.94. The van der Waals surface area contributed by atoms with Gasteiger partial charge in [-0.25, -0.2) is 4.98 Å². The smallest absolute Gasteiger partial charge is 0.122 e. The quantitative estimate of drug-likeness (QED) is 0.739. The Balaban J connectivity index is 1.95. The number of para-hydroxylation sites is 2. The van der Waals surface area contributed by atoms with Gasteiger partial charge in [0.2, 0.25) is 0 Å². The Morgan fingerprint density at radius 1 is 0.789 bits per heavy atom. The van der Waals surface area contributed by atoms with Crippen LogP contribution in [0.3, 0.4) is 0 Å². The van der Waals surface area contributed by atoms with Crippen molar-refractivity contribution in [2.45, 2.75) is 0 Å². The Kier molecular flexibility index (Phi) is 2.99. The Labute approximate surface area is 111 Å². The van der Waals surface area contributed by atoms with Gasteiger partial charge in [-0.05, 0) is 30.4 Å². The standard InChI is InChI=1S/C17H13NO/c19-17-8-4-2-6-14(17)10-12-15-11-9-13-5-1-3-7-16(13)18-15/h1-12,19H. The van der Waals surface area contributed by atoms with Gasteiger partial charge < -0.3 is 5.11 Å². The van der Waals surface area contributed by atoms with Crippen LogP contribution in [-0.2, 0) is 0 Å². The number of benzene rings is 2. The van der Waals surface area contributed by atoms with Crippen molar-refractivity contribution >= 4 is 23.1 Å². The highest BCUT2D eigenvalue weighted by Gasteiger charge is 1.96. The molecule has 92 valence electrons. The van der Waals surface area contributed by atoms with E-state index < -0.39 is 0 Å². The van der Waals surface area contributed by atoms with E-state index in [1.54, 1.807) is 12.1 Å². The van der Waals surface area contributed by atoms with Gasteiger partial charge in [0.1, 0.15) is 5.75 Å². The zero-order chi connectivity index (χ0) is 13.1. The van der Waals surface area contributed by atoms with Crippen LogP contribution in [0.15, 0.2) is 60.7 Å². The van der Waals surface area contributed by atoms with Crippen molar-refractivity contribution in [3.05, 3.63) is 71.9 Å². The zero-order valence-corrected chi connectivity index (χ0v) is 10.3. The van der Waals surface area contributed by atoms with Gasteiger partial charge in [0.05, 0.1) is 11.2 Å². The van der Waals surface area contributed by atoms with Crippen molar-refractivity contribution in [3.63, 3.8) is 0 Å². The summed E-state index contributed by atoms with van der Waals surface area (Å²) in [6.45, 7) is 0. The van der Waals surface area contributed by atoms with Crippen molar-refractivity contribution < 1.29 is 5.11 Å². The third kappa shape index (κ3) is 2.47. The van der Waals surface area contributed by atoms with Crippen molar-refractivity contribution in [2.75, 3.05) is 0 Å². The third-order valence-electron chi connectivity index (χ3n) is 2.99. The fraction of sp³-hybridized carbons (Fsp3) is 0. The lowest BCUT2D eigenvalue weighted by Crippen LogP contribution is -1.82. The van der Waals surface area contributed by atoms with E-state index >= 15 is 0 Å². The Bertz CT molecular complexity index is 747. The maximum absolute atomic E-state index is 9.69. The molecule has 0 radical (unpaired) electrons. The lowest BCUT2D eigenvalue weighted by Gasteiger charge is -1.99. The fourth-order valence-electron chi connectivity index (χ4n) is 1.98. The van der Waals surface area contributed by atoms with E-state index in [0.29, 0.717) is 0 Å². The number of rotatable bonds is 2. The van der Waals surface area contributed by atoms with E-state index in [-0.39, 0.29) is 5.75 Å². The van der Waals surface area contributed by atoms with Crippen LogP contribution in [0.2, 0.25) is 0 Å². The molecule has 1 N–H and O–H groups in total. The number of fused-ring (bicyclic) bond motifs is 1. The largest absolute Gasteiger partial charge is 0.507 e. The number of phenols is 1. The molecule has 0 fully saturated rings. The van der Waals surface area contributed by atoms with Crippen molar-refractivity contribution in [1.82, 2.24) is 4.98 Å². The minimum atomic E-state index is 0.277. The molecule has 2 aromatic carbocycles. The summed E-state index contributed by atoms with van der Waals surface area (Å²) in [5, 5.41) is 10.8. The summed E-state index contributed by atoms with van der Waals surface area (Å²) in [4.78, 5) is 4.55. The molecule has 0 aliphatic heterocycles. The summed E-state index contributed by atoms with van der Waals surface area (Å²) in [5.41, 5.74) is 2.64. The van der Waals surface area contributed by atoms with Gasteiger partial charge in [0.15, 0.2) is 0 Å². The predicted octanol–water partition coefficient (Wildman–Crippen LogP) is 4.11. The molecule has 0 atom stereocenters. The van der Waals surface area contributed by atoms with Crippen molar-refractivity contribution in [2.24, 2.45) is 0 Å². The molecule has 19 heavy (non-hydrogen) atoms. The maximum Gasteiger partial charge on any atom is 0.122 e. The highest BCUT2D eigenvalue weighted by atomic mass is 16.3. The molecule has 2 nitrogen and oxygen atoms in total. The second-order valence-corrected chi connectivity index (χ2v) is 4.32. The molecule has 1 aromatic heterocycles. The maximum atomic E-state index is 9.69. The summed E-state index contributed by atoms with van der Waals surface area (Å²) in [6, 6.07) is 19.3. The minimum Gasteiger partial charge on any atom is -0.507 e. The first kappa shape index (κ1) is 11.5. The Morgan fingerprint density at radius 2 is 1.58 bits per heavy atom. The first-order valence-electron chi connectivity index (χ1n) is 6.15. The van der Waals surface area contributed by atoms with Crippen LogP contribution in [0.5, 0.6) is 5.75 Å².